The number of pyridine rings is 1. The molecule has 31 heavy (non-hydrogen) atoms. The van der Waals surface area contributed by atoms with E-state index in [0.717, 1.165) is 24.0 Å². The lowest BCUT2D eigenvalue weighted by Crippen LogP contribution is -2.30. The normalized spacial score (nSPS) is 11.5. The lowest BCUT2D eigenvalue weighted by atomic mass is 10.1. The molecule has 0 aliphatic rings. The fourth-order valence-electron chi connectivity index (χ4n) is 2.89. The molecule has 3 rings (SSSR count). The summed E-state index contributed by atoms with van der Waals surface area (Å²) in [5.74, 6) is -0.613. The highest BCUT2D eigenvalue weighted by molar-refractivity contribution is 7.99. The van der Waals surface area contributed by atoms with Crippen molar-refractivity contribution in [3.8, 4) is 0 Å². The third-order valence-corrected chi connectivity index (χ3v) is 5.42. The van der Waals surface area contributed by atoms with Crippen molar-refractivity contribution in [2.24, 2.45) is 0 Å². The van der Waals surface area contributed by atoms with Gasteiger partial charge in [-0.25, -0.2) is 0 Å². The molecule has 0 radical (unpaired) electrons. The third kappa shape index (κ3) is 5.35. The van der Waals surface area contributed by atoms with Crippen LogP contribution in [-0.4, -0.2) is 50.2 Å². The van der Waals surface area contributed by atoms with Gasteiger partial charge >= 0.3 is 6.18 Å². The number of hydrogen-bond acceptors (Lipinski definition) is 5. The second-order valence-electron chi connectivity index (χ2n) is 6.52. The molecule has 7 nitrogen and oxygen atoms in total. The molecule has 0 bridgehead atoms. The first-order chi connectivity index (χ1) is 14.7. The Morgan fingerprint density at radius 1 is 1.13 bits per heavy atom. The Kier molecular flexibility index (Phi) is 6.84. The van der Waals surface area contributed by atoms with Crippen LogP contribution in [0.4, 0.5) is 18.9 Å². The Bertz CT molecular complexity index is 1100. The standard InChI is InChI=1S/C20H20F3N5O2S/c1-3-27(4-2)18(30)13-6-5-7-15(10-13)24-17(29)12-31-19-26-25-16-9-8-14(11-28(16)19)20(21,22)23/h5-11H,3-4,12H2,1-2H3,(H,24,29). The number of fused-ring (bicyclic) bond motifs is 1. The molecule has 2 amide bonds. The predicted molar refractivity (Wildman–Crippen MR) is 111 cm³/mol. The van der Waals surface area contributed by atoms with Crippen molar-refractivity contribution in [2.75, 3.05) is 24.2 Å². The minimum absolute atomic E-state index is 0.0920. The van der Waals surface area contributed by atoms with Crippen LogP contribution < -0.4 is 5.32 Å². The van der Waals surface area contributed by atoms with Crippen LogP contribution in [0.15, 0.2) is 47.8 Å². The molecule has 0 atom stereocenters. The molecule has 2 heterocycles. The number of nitrogens with one attached hydrogen (secondary N) is 1. The van der Waals surface area contributed by atoms with E-state index in [0.29, 0.717) is 24.3 Å². The maximum Gasteiger partial charge on any atom is 0.417 e. The Labute approximate surface area is 180 Å². The van der Waals surface area contributed by atoms with Gasteiger partial charge in [0.15, 0.2) is 10.8 Å². The Balaban J connectivity index is 1.67. The molecule has 0 aliphatic heterocycles. The first-order valence-corrected chi connectivity index (χ1v) is 10.5. The number of halogens is 3. The van der Waals surface area contributed by atoms with E-state index in [1.165, 1.54) is 10.5 Å². The lowest BCUT2D eigenvalue weighted by molar-refractivity contribution is -0.137. The summed E-state index contributed by atoms with van der Waals surface area (Å²) in [6.45, 7) is 4.92. The average molecular weight is 451 g/mol. The molecule has 11 heteroatoms. The number of aromatic nitrogens is 3. The van der Waals surface area contributed by atoms with Crippen LogP contribution in [0.3, 0.4) is 0 Å². The number of thioether (sulfide) groups is 1. The van der Waals surface area contributed by atoms with Gasteiger partial charge in [-0.3, -0.25) is 14.0 Å². The van der Waals surface area contributed by atoms with E-state index in [1.807, 2.05) is 13.8 Å². The molecule has 0 saturated heterocycles. The summed E-state index contributed by atoms with van der Waals surface area (Å²) in [6.07, 6.45) is -3.59. The number of hydrogen-bond donors (Lipinski definition) is 1. The molecule has 164 valence electrons. The smallest absolute Gasteiger partial charge is 0.339 e. The number of benzene rings is 1. The lowest BCUT2D eigenvalue weighted by Gasteiger charge is -2.19. The van der Waals surface area contributed by atoms with Crippen LogP contribution in [0.1, 0.15) is 29.8 Å². The van der Waals surface area contributed by atoms with Crippen molar-refractivity contribution < 1.29 is 22.8 Å². The van der Waals surface area contributed by atoms with E-state index < -0.39 is 11.7 Å². The summed E-state index contributed by atoms with van der Waals surface area (Å²) in [5, 5.41) is 10.5. The molecule has 0 unspecified atom stereocenters. The minimum atomic E-state index is -4.49. The minimum Gasteiger partial charge on any atom is -0.339 e. The fourth-order valence-corrected chi connectivity index (χ4v) is 3.60. The second-order valence-corrected chi connectivity index (χ2v) is 7.46. The van der Waals surface area contributed by atoms with Crippen molar-refractivity contribution in [3.63, 3.8) is 0 Å². The number of rotatable bonds is 7. The number of alkyl halides is 3. The SMILES string of the molecule is CCN(CC)C(=O)c1cccc(NC(=O)CSc2nnc3ccc(C(F)(F)F)cn23)c1. The van der Waals surface area contributed by atoms with Crippen LogP contribution in [-0.2, 0) is 11.0 Å². The molecule has 0 saturated carbocycles. The largest absolute Gasteiger partial charge is 0.417 e. The zero-order chi connectivity index (χ0) is 22.6. The van der Waals surface area contributed by atoms with Gasteiger partial charge < -0.3 is 10.2 Å². The van der Waals surface area contributed by atoms with Gasteiger partial charge in [0.2, 0.25) is 5.91 Å². The second kappa shape index (κ2) is 9.38. The molecule has 0 spiro atoms. The molecule has 1 aromatic carbocycles. The van der Waals surface area contributed by atoms with E-state index in [2.05, 4.69) is 15.5 Å². The van der Waals surface area contributed by atoms with Gasteiger partial charge in [-0.2, -0.15) is 13.2 Å². The van der Waals surface area contributed by atoms with Crippen LogP contribution >= 0.6 is 11.8 Å². The highest BCUT2D eigenvalue weighted by Gasteiger charge is 2.31. The van der Waals surface area contributed by atoms with Gasteiger partial charge in [0.1, 0.15) is 0 Å². The Morgan fingerprint density at radius 3 is 2.55 bits per heavy atom. The fraction of sp³-hybridized carbons (Fsp3) is 0.300. The van der Waals surface area contributed by atoms with Gasteiger partial charge in [0.05, 0.1) is 11.3 Å². The maximum absolute atomic E-state index is 12.9. The molecule has 2 aromatic heterocycles. The third-order valence-electron chi connectivity index (χ3n) is 4.47. The highest BCUT2D eigenvalue weighted by Crippen LogP contribution is 2.30. The molecular weight excluding hydrogens is 431 g/mol. The van der Waals surface area contributed by atoms with Gasteiger partial charge in [-0.05, 0) is 44.2 Å². The van der Waals surface area contributed by atoms with E-state index >= 15 is 0 Å². The van der Waals surface area contributed by atoms with Gasteiger partial charge in [-0.1, -0.05) is 17.8 Å². The van der Waals surface area contributed by atoms with Crippen LogP contribution in [0.5, 0.6) is 0 Å². The van der Waals surface area contributed by atoms with E-state index in [4.69, 9.17) is 0 Å². The van der Waals surface area contributed by atoms with E-state index in [1.54, 1.807) is 29.2 Å². The summed E-state index contributed by atoms with van der Waals surface area (Å²) in [6, 6.07) is 8.74. The summed E-state index contributed by atoms with van der Waals surface area (Å²) in [7, 11) is 0. The molecular formula is C20H20F3N5O2S. The van der Waals surface area contributed by atoms with Crippen LogP contribution in [0.2, 0.25) is 0 Å². The summed E-state index contributed by atoms with van der Waals surface area (Å²) < 4.78 is 40.0. The number of carbonyl (C=O) groups is 2. The Hall–Kier alpha value is -3.08. The van der Waals surface area contributed by atoms with Gasteiger partial charge in [0.25, 0.3) is 5.91 Å². The number of nitrogens with zero attached hydrogens (tertiary/aromatic N) is 4. The monoisotopic (exact) mass is 451 g/mol. The van der Waals surface area contributed by atoms with E-state index in [-0.39, 0.29) is 28.4 Å². The zero-order valence-electron chi connectivity index (χ0n) is 16.8. The number of carbonyl (C=O) groups excluding carboxylic acids is 2. The molecule has 1 N–H and O–H groups in total. The summed E-state index contributed by atoms with van der Waals surface area (Å²) >= 11 is 0.961. The first-order valence-electron chi connectivity index (χ1n) is 9.47. The highest BCUT2D eigenvalue weighted by atomic mass is 32.2. The van der Waals surface area contributed by atoms with Crippen LogP contribution in [0.25, 0.3) is 5.65 Å². The van der Waals surface area contributed by atoms with Crippen molar-refractivity contribution in [2.45, 2.75) is 25.2 Å². The van der Waals surface area contributed by atoms with Crippen molar-refractivity contribution in [3.05, 3.63) is 53.7 Å². The van der Waals surface area contributed by atoms with Crippen molar-refractivity contribution in [1.82, 2.24) is 19.5 Å². The van der Waals surface area contributed by atoms with Crippen LogP contribution in [0, 0.1) is 0 Å². The summed E-state index contributed by atoms with van der Waals surface area (Å²) in [5.41, 5.74) is 0.325. The first kappa shape index (κ1) is 22.6. The molecule has 3 aromatic rings. The predicted octanol–water partition coefficient (Wildman–Crippen LogP) is 3.96. The zero-order valence-corrected chi connectivity index (χ0v) is 17.6. The molecule has 0 aliphatic carbocycles. The quantitative estimate of drug-likeness (QED) is 0.550. The maximum atomic E-state index is 12.9. The number of amides is 2. The van der Waals surface area contributed by atoms with Crippen molar-refractivity contribution in [1.29, 1.82) is 0 Å². The summed E-state index contributed by atoms with van der Waals surface area (Å²) in [4.78, 5) is 26.5. The topological polar surface area (TPSA) is 79.6 Å². The van der Waals surface area contributed by atoms with E-state index in [9.17, 15) is 22.8 Å². The average Bonchev–Trinajstić information content (AvgIpc) is 3.15. The van der Waals surface area contributed by atoms with Gasteiger partial charge in [0, 0.05) is 30.5 Å². The number of anilines is 1. The Morgan fingerprint density at radius 2 is 1.87 bits per heavy atom. The molecule has 0 fully saturated rings. The van der Waals surface area contributed by atoms with Crippen molar-refractivity contribution >= 4 is 34.9 Å². The van der Waals surface area contributed by atoms with Gasteiger partial charge in [-0.15, -0.1) is 10.2 Å².